The second-order valence-corrected chi connectivity index (χ2v) is 7.20. The third kappa shape index (κ3) is 3.72. The highest BCUT2D eigenvalue weighted by atomic mass is 16.6. The molecule has 0 aliphatic carbocycles. The Balaban J connectivity index is 1.62. The number of fused-ring (bicyclic) bond motifs is 1. The number of aromatic nitrogens is 2. The fraction of sp³-hybridized carbons (Fsp3) is 0.0800. The number of ether oxygens (including phenoxy) is 2. The lowest BCUT2D eigenvalue weighted by atomic mass is 9.95. The van der Waals surface area contributed by atoms with Gasteiger partial charge >= 0.3 is 0 Å². The largest absolute Gasteiger partial charge is 0.486 e. The minimum atomic E-state index is -0.571. The van der Waals surface area contributed by atoms with E-state index in [9.17, 15) is 9.59 Å². The number of carbonyl (C=O) groups is 1. The van der Waals surface area contributed by atoms with Gasteiger partial charge in [0, 0.05) is 22.9 Å². The van der Waals surface area contributed by atoms with Crippen molar-refractivity contribution < 1.29 is 14.3 Å². The number of hydrogen-bond acceptors (Lipinski definition) is 5. The van der Waals surface area contributed by atoms with Crippen LogP contribution in [0.1, 0.15) is 10.4 Å². The summed E-state index contributed by atoms with van der Waals surface area (Å²) in [5.41, 5.74) is 2.40. The molecule has 0 bridgehead atoms. The summed E-state index contributed by atoms with van der Waals surface area (Å²) >= 11 is 0. The molecule has 7 nitrogen and oxygen atoms in total. The van der Waals surface area contributed by atoms with E-state index in [2.05, 4.69) is 15.5 Å². The van der Waals surface area contributed by atoms with Gasteiger partial charge in [-0.2, -0.15) is 5.10 Å². The summed E-state index contributed by atoms with van der Waals surface area (Å²) in [5, 5.41) is 9.58. The van der Waals surface area contributed by atoms with Gasteiger partial charge in [0.2, 0.25) is 0 Å². The Hall–Kier alpha value is -4.39. The standard InChI is InChI=1S/C25H19N3O4/c29-24(26-18-11-12-19-20(15-18)32-14-13-31-19)22-21(16-7-3-1-4-8-16)23(27-28-25(22)30)17-9-5-2-6-10-17/h1-12,15H,13-14H2,(H,26,29)(H,28,30). The molecule has 158 valence electrons. The summed E-state index contributed by atoms with van der Waals surface area (Å²) < 4.78 is 11.1. The molecular weight excluding hydrogens is 406 g/mol. The number of carbonyl (C=O) groups excluding carboxylic acids is 1. The summed E-state index contributed by atoms with van der Waals surface area (Å²) in [5.74, 6) is 0.625. The van der Waals surface area contributed by atoms with E-state index in [0.29, 0.717) is 41.7 Å². The van der Waals surface area contributed by atoms with Crippen LogP contribution in [0.5, 0.6) is 11.5 Å². The van der Waals surface area contributed by atoms with E-state index in [-0.39, 0.29) is 5.56 Å². The zero-order chi connectivity index (χ0) is 21.9. The van der Waals surface area contributed by atoms with E-state index in [4.69, 9.17) is 9.47 Å². The summed E-state index contributed by atoms with van der Waals surface area (Å²) in [6, 6.07) is 23.8. The highest BCUT2D eigenvalue weighted by Gasteiger charge is 2.23. The Labute approximate surface area is 183 Å². The second-order valence-electron chi connectivity index (χ2n) is 7.20. The van der Waals surface area contributed by atoms with Gasteiger partial charge in [0.15, 0.2) is 11.5 Å². The van der Waals surface area contributed by atoms with Crippen molar-refractivity contribution in [2.24, 2.45) is 0 Å². The minimum absolute atomic E-state index is 0.0139. The fourth-order valence-corrected chi connectivity index (χ4v) is 3.67. The third-order valence-corrected chi connectivity index (χ3v) is 5.12. The smallest absolute Gasteiger partial charge is 0.277 e. The molecule has 32 heavy (non-hydrogen) atoms. The van der Waals surface area contributed by atoms with Crippen molar-refractivity contribution >= 4 is 11.6 Å². The number of H-pyrrole nitrogens is 1. The Morgan fingerprint density at radius 2 is 1.50 bits per heavy atom. The van der Waals surface area contributed by atoms with E-state index in [0.717, 1.165) is 11.1 Å². The van der Waals surface area contributed by atoms with Crippen LogP contribution in [0.25, 0.3) is 22.4 Å². The van der Waals surface area contributed by atoms with Crippen LogP contribution in [0.2, 0.25) is 0 Å². The van der Waals surface area contributed by atoms with Gasteiger partial charge in [-0.15, -0.1) is 0 Å². The van der Waals surface area contributed by atoms with Crippen LogP contribution in [-0.2, 0) is 0 Å². The zero-order valence-electron chi connectivity index (χ0n) is 17.0. The molecule has 0 saturated heterocycles. The topological polar surface area (TPSA) is 93.3 Å². The molecule has 5 rings (SSSR count). The average molecular weight is 425 g/mol. The number of rotatable bonds is 4. The Morgan fingerprint density at radius 3 is 2.22 bits per heavy atom. The molecule has 1 amide bonds. The SMILES string of the molecule is O=C(Nc1ccc2c(c1)OCCO2)c1c(-c2ccccc2)c(-c2ccccc2)n[nH]c1=O. The first-order chi connectivity index (χ1) is 15.7. The predicted molar refractivity (Wildman–Crippen MR) is 121 cm³/mol. The molecule has 3 aromatic carbocycles. The molecule has 0 unspecified atom stereocenters. The predicted octanol–water partition coefficient (Wildman–Crippen LogP) is 4.13. The molecule has 7 heteroatoms. The number of aromatic amines is 1. The van der Waals surface area contributed by atoms with Gasteiger partial charge in [-0.05, 0) is 17.7 Å². The van der Waals surface area contributed by atoms with Gasteiger partial charge < -0.3 is 14.8 Å². The summed E-state index contributed by atoms with van der Waals surface area (Å²) in [6.07, 6.45) is 0. The van der Waals surface area contributed by atoms with E-state index in [1.807, 2.05) is 60.7 Å². The first-order valence-corrected chi connectivity index (χ1v) is 10.2. The highest BCUT2D eigenvalue weighted by Crippen LogP contribution is 2.34. The first-order valence-electron chi connectivity index (χ1n) is 10.2. The number of benzene rings is 3. The van der Waals surface area contributed by atoms with Crippen molar-refractivity contribution in [1.82, 2.24) is 10.2 Å². The van der Waals surface area contributed by atoms with Crippen LogP contribution in [0.3, 0.4) is 0 Å². The van der Waals surface area contributed by atoms with Gasteiger partial charge in [0.1, 0.15) is 18.8 Å². The molecule has 1 aliphatic heterocycles. The van der Waals surface area contributed by atoms with Crippen molar-refractivity contribution in [2.75, 3.05) is 18.5 Å². The van der Waals surface area contributed by atoms with Gasteiger partial charge in [0.05, 0.1) is 5.69 Å². The van der Waals surface area contributed by atoms with Crippen molar-refractivity contribution in [3.8, 4) is 33.9 Å². The van der Waals surface area contributed by atoms with Crippen LogP contribution < -0.4 is 20.3 Å². The molecule has 0 fully saturated rings. The molecule has 0 saturated carbocycles. The van der Waals surface area contributed by atoms with Crippen molar-refractivity contribution in [1.29, 1.82) is 0 Å². The number of hydrogen-bond donors (Lipinski definition) is 2. The fourth-order valence-electron chi connectivity index (χ4n) is 3.67. The monoisotopic (exact) mass is 425 g/mol. The Bertz CT molecular complexity index is 1330. The summed E-state index contributed by atoms with van der Waals surface area (Å²) in [7, 11) is 0. The van der Waals surface area contributed by atoms with Crippen LogP contribution >= 0.6 is 0 Å². The normalized spacial score (nSPS) is 12.2. The lowest BCUT2D eigenvalue weighted by Crippen LogP contribution is -2.26. The van der Waals surface area contributed by atoms with E-state index >= 15 is 0 Å². The van der Waals surface area contributed by atoms with Gasteiger partial charge in [-0.25, -0.2) is 5.10 Å². The maximum atomic E-state index is 13.3. The van der Waals surface area contributed by atoms with Crippen molar-refractivity contribution in [3.63, 3.8) is 0 Å². The van der Waals surface area contributed by atoms with Crippen LogP contribution in [0.15, 0.2) is 83.7 Å². The van der Waals surface area contributed by atoms with Crippen molar-refractivity contribution in [3.05, 3.63) is 94.8 Å². The molecule has 1 aliphatic rings. The number of nitrogens with zero attached hydrogens (tertiary/aromatic N) is 1. The minimum Gasteiger partial charge on any atom is -0.486 e. The van der Waals surface area contributed by atoms with Gasteiger partial charge in [-0.1, -0.05) is 60.7 Å². The lowest BCUT2D eigenvalue weighted by molar-refractivity contribution is 0.102. The molecule has 0 atom stereocenters. The second kappa shape index (κ2) is 8.39. The summed E-state index contributed by atoms with van der Waals surface area (Å²) in [6.45, 7) is 0.917. The number of nitrogens with one attached hydrogen (secondary N) is 2. The third-order valence-electron chi connectivity index (χ3n) is 5.12. The molecule has 2 heterocycles. The number of amides is 1. The summed E-state index contributed by atoms with van der Waals surface area (Å²) in [4.78, 5) is 26.2. The molecule has 4 aromatic rings. The van der Waals surface area contributed by atoms with Gasteiger partial charge in [0.25, 0.3) is 11.5 Å². The molecule has 1 aromatic heterocycles. The molecule has 2 N–H and O–H groups in total. The average Bonchev–Trinajstić information content (AvgIpc) is 2.84. The van der Waals surface area contributed by atoms with E-state index in [1.54, 1.807) is 18.2 Å². The van der Waals surface area contributed by atoms with Crippen LogP contribution in [0.4, 0.5) is 5.69 Å². The zero-order valence-corrected chi connectivity index (χ0v) is 17.0. The maximum absolute atomic E-state index is 13.3. The van der Waals surface area contributed by atoms with Crippen molar-refractivity contribution in [2.45, 2.75) is 0 Å². The quantitative estimate of drug-likeness (QED) is 0.513. The van der Waals surface area contributed by atoms with E-state index < -0.39 is 11.5 Å². The maximum Gasteiger partial charge on any atom is 0.277 e. The lowest BCUT2D eigenvalue weighted by Gasteiger charge is -2.19. The molecule has 0 radical (unpaired) electrons. The highest BCUT2D eigenvalue weighted by molar-refractivity contribution is 6.10. The number of anilines is 1. The first kappa shape index (κ1) is 19.6. The molecule has 0 spiro atoms. The van der Waals surface area contributed by atoms with Gasteiger partial charge in [-0.3, -0.25) is 9.59 Å². The van der Waals surface area contributed by atoms with E-state index in [1.165, 1.54) is 0 Å². The Kier molecular flexibility index (Phi) is 5.13. The van der Waals surface area contributed by atoms with Crippen LogP contribution in [0, 0.1) is 0 Å². The molecular formula is C25H19N3O4. The Morgan fingerprint density at radius 1 is 0.844 bits per heavy atom. The van der Waals surface area contributed by atoms with Crippen LogP contribution in [-0.4, -0.2) is 29.3 Å².